The molecule has 1 saturated heterocycles. The Morgan fingerprint density at radius 1 is 0.967 bits per heavy atom. The zero-order chi connectivity index (χ0) is 20.6. The normalized spacial score (nSPS) is 17.3. The zero-order valence-electron chi connectivity index (χ0n) is 17.5. The Labute approximate surface area is 178 Å². The molecule has 2 aliphatic heterocycles. The van der Waals surface area contributed by atoms with Gasteiger partial charge in [0, 0.05) is 51.4 Å². The molecule has 0 spiro atoms. The summed E-state index contributed by atoms with van der Waals surface area (Å²) >= 11 is 0. The second kappa shape index (κ2) is 10.3. The summed E-state index contributed by atoms with van der Waals surface area (Å²) in [6.07, 6.45) is 0.893. The highest BCUT2D eigenvalue weighted by Crippen LogP contribution is 2.32. The number of ether oxygens (including phenoxy) is 3. The van der Waals surface area contributed by atoms with Gasteiger partial charge in [0.15, 0.2) is 17.5 Å². The van der Waals surface area contributed by atoms with Gasteiger partial charge >= 0.3 is 0 Å². The van der Waals surface area contributed by atoms with Gasteiger partial charge in [-0.25, -0.2) is 0 Å². The standard InChI is InChI=1S/C23H30N4O3/c1-24-23(26-20-7-8-21-22(15-20)30-12-4-11-29-21)25-16-18-5-2-3-6-19(18)17-27-9-13-28-14-10-27/h2-3,5-8,15H,4,9-14,16-17H2,1H3,(H2,24,25,26). The molecule has 0 atom stereocenters. The second-order valence-corrected chi connectivity index (χ2v) is 7.42. The molecule has 0 bridgehead atoms. The summed E-state index contributed by atoms with van der Waals surface area (Å²) < 4.78 is 17.0. The number of hydrogen-bond donors (Lipinski definition) is 2. The number of aliphatic imine (C=N–C) groups is 1. The quantitative estimate of drug-likeness (QED) is 0.584. The molecule has 7 nitrogen and oxygen atoms in total. The van der Waals surface area contributed by atoms with E-state index in [2.05, 4.69) is 44.8 Å². The van der Waals surface area contributed by atoms with E-state index in [9.17, 15) is 0 Å². The molecule has 0 unspecified atom stereocenters. The van der Waals surface area contributed by atoms with Crippen LogP contribution in [0.1, 0.15) is 17.5 Å². The van der Waals surface area contributed by atoms with Gasteiger partial charge in [0.05, 0.1) is 26.4 Å². The van der Waals surface area contributed by atoms with Crippen LogP contribution in [0.3, 0.4) is 0 Å². The van der Waals surface area contributed by atoms with Crippen molar-refractivity contribution in [2.75, 3.05) is 51.9 Å². The monoisotopic (exact) mass is 410 g/mol. The van der Waals surface area contributed by atoms with Crippen LogP contribution < -0.4 is 20.1 Å². The summed E-state index contributed by atoms with van der Waals surface area (Å²) in [6, 6.07) is 14.4. The first-order valence-electron chi connectivity index (χ1n) is 10.6. The Hall–Kier alpha value is -2.77. The van der Waals surface area contributed by atoms with Gasteiger partial charge in [0.1, 0.15) is 0 Å². The van der Waals surface area contributed by atoms with Gasteiger partial charge in [-0.05, 0) is 23.3 Å². The molecule has 1 fully saturated rings. The van der Waals surface area contributed by atoms with Crippen LogP contribution in [0.25, 0.3) is 0 Å². The number of hydrogen-bond acceptors (Lipinski definition) is 5. The Morgan fingerprint density at radius 2 is 1.73 bits per heavy atom. The van der Waals surface area contributed by atoms with E-state index in [4.69, 9.17) is 14.2 Å². The van der Waals surface area contributed by atoms with Gasteiger partial charge in [0.2, 0.25) is 0 Å². The lowest BCUT2D eigenvalue weighted by Crippen LogP contribution is -2.36. The molecule has 4 rings (SSSR count). The topological polar surface area (TPSA) is 67.4 Å². The Morgan fingerprint density at radius 3 is 2.53 bits per heavy atom. The van der Waals surface area contributed by atoms with Crippen LogP contribution in [0.15, 0.2) is 47.5 Å². The summed E-state index contributed by atoms with van der Waals surface area (Å²) in [5.41, 5.74) is 3.51. The predicted octanol–water partition coefficient (Wildman–Crippen LogP) is 2.87. The van der Waals surface area contributed by atoms with Crippen molar-refractivity contribution in [3.8, 4) is 11.5 Å². The van der Waals surface area contributed by atoms with Crippen LogP contribution in [-0.2, 0) is 17.8 Å². The van der Waals surface area contributed by atoms with Crippen molar-refractivity contribution >= 4 is 11.6 Å². The molecule has 30 heavy (non-hydrogen) atoms. The minimum Gasteiger partial charge on any atom is -0.490 e. The van der Waals surface area contributed by atoms with E-state index in [1.165, 1.54) is 11.1 Å². The Bertz CT molecular complexity index is 865. The van der Waals surface area contributed by atoms with E-state index in [-0.39, 0.29) is 0 Å². The number of guanidine groups is 1. The summed E-state index contributed by atoms with van der Waals surface area (Å²) in [4.78, 5) is 6.81. The molecule has 2 heterocycles. The minimum absolute atomic E-state index is 0.670. The molecular formula is C23H30N4O3. The lowest BCUT2D eigenvalue weighted by atomic mass is 10.1. The number of nitrogens with one attached hydrogen (secondary N) is 2. The van der Waals surface area contributed by atoms with E-state index >= 15 is 0 Å². The minimum atomic E-state index is 0.670. The van der Waals surface area contributed by atoms with Crippen molar-refractivity contribution < 1.29 is 14.2 Å². The van der Waals surface area contributed by atoms with Crippen LogP contribution in [0.5, 0.6) is 11.5 Å². The zero-order valence-corrected chi connectivity index (χ0v) is 17.5. The highest BCUT2D eigenvalue weighted by Gasteiger charge is 2.14. The molecule has 2 aromatic carbocycles. The fourth-order valence-electron chi connectivity index (χ4n) is 3.62. The van der Waals surface area contributed by atoms with Gasteiger partial charge in [0.25, 0.3) is 0 Å². The number of nitrogens with zero attached hydrogens (tertiary/aromatic N) is 2. The van der Waals surface area contributed by atoms with E-state index in [0.717, 1.165) is 56.5 Å². The average Bonchev–Trinajstić information content (AvgIpc) is 3.03. The number of rotatable bonds is 5. The third-order valence-corrected chi connectivity index (χ3v) is 5.30. The van der Waals surface area contributed by atoms with E-state index < -0.39 is 0 Å². The predicted molar refractivity (Wildman–Crippen MR) is 118 cm³/mol. The fraction of sp³-hybridized carbons (Fsp3) is 0.435. The largest absolute Gasteiger partial charge is 0.490 e. The van der Waals surface area contributed by atoms with Crippen LogP contribution in [0.4, 0.5) is 5.69 Å². The number of morpholine rings is 1. The SMILES string of the molecule is CN=C(NCc1ccccc1CN1CCOCC1)Nc1ccc2c(c1)OCCCO2. The fourth-order valence-corrected chi connectivity index (χ4v) is 3.62. The molecule has 2 N–H and O–H groups in total. The average molecular weight is 411 g/mol. The Balaban J connectivity index is 1.37. The van der Waals surface area contributed by atoms with Gasteiger partial charge in [-0.1, -0.05) is 24.3 Å². The van der Waals surface area contributed by atoms with Gasteiger partial charge in [-0.15, -0.1) is 0 Å². The van der Waals surface area contributed by atoms with Gasteiger partial charge < -0.3 is 24.8 Å². The number of benzene rings is 2. The van der Waals surface area contributed by atoms with E-state index in [0.29, 0.717) is 25.7 Å². The Kier molecular flexibility index (Phi) is 7.05. The summed E-state index contributed by atoms with van der Waals surface area (Å²) in [6.45, 7) is 6.58. The van der Waals surface area contributed by atoms with Crippen molar-refractivity contribution in [3.05, 3.63) is 53.6 Å². The molecular weight excluding hydrogens is 380 g/mol. The van der Waals surface area contributed by atoms with Crippen LogP contribution in [0.2, 0.25) is 0 Å². The number of fused-ring (bicyclic) bond motifs is 1. The van der Waals surface area contributed by atoms with Crippen molar-refractivity contribution in [1.29, 1.82) is 0 Å². The maximum atomic E-state index is 5.78. The highest BCUT2D eigenvalue weighted by atomic mass is 16.5. The van der Waals surface area contributed by atoms with Crippen molar-refractivity contribution in [2.45, 2.75) is 19.5 Å². The van der Waals surface area contributed by atoms with Crippen molar-refractivity contribution in [2.24, 2.45) is 4.99 Å². The van der Waals surface area contributed by atoms with Gasteiger partial charge in [-0.3, -0.25) is 9.89 Å². The van der Waals surface area contributed by atoms with Gasteiger partial charge in [-0.2, -0.15) is 0 Å². The molecule has 2 aliphatic rings. The molecule has 160 valence electrons. The molecule has 0 amide bonds. The van der Waals surface area contributed by atoms with E-state index in [1.54, 1.807) is 7.05 Å². The molecule has 7 heteroatoms. The summed E-state index contributed by atoms with van der Waals surface area (Å²) in [5.74, 6) is 2.27. The molecule has 0 aromatic heterocycles. The lowest BCUT2D eigenvalue weighted by molar-refractivity contribution is 0.0341. The highest BCUT2D eigenvalue weighted by molar-refractivity contribution is 5.93. The molecule has 0 aliphatic carbocycles. The van der Waals surface area contributed by atoms with Crippen LogP contribution >= 0.6 is 0 Å². The third kappa shape index (κ3) is 5.43. The maximum Gasteiger partial charge on any atom is 0.195 e. The first-order chi connectivity index (χ1) is 14.8. The number of anilines is 1. The van der Waals surface area contributed by atoms with Crippen molar-refractivity contribution in [1.82, 2.24) is 10.2 Å². The first kappa shape index (κ1) is 20.5. The maximum absolute atomic E-state index is 5.78. The second-order valence-electron chi connectivity index (χ2n) is 7.42. The van der Waals surface area contributed by atoms with Crippen molar-refractivity contribution in [3.63, 3.8) is 0 Å². The smallest absolute Gasteiger partial charge is 0.195 e. The third-order valence-electron chi connectivity index (χ3n) is 5.30. The van der Waals surface area contributed by atoms with Crippen LogP contribution in [0, 0.1) is 0 Å². The first-order valence-corrected chi connectivity index (χ1v) is 10.6. The summed E-state index contributed by atoms with van der Waals surface area (Å²) in [5, 5.41) is 6.77. The summed E-state index contributed by atoms with van der Waals surface area (Å²) in [7, 11) is 1.78. The molecule has 0 radical (unpaired) electrons. The van der Waals surface area contributed by atoms with Crippen LogP contribution in [-0.4, -0.2) is 57.4 Å². The van der Waals surface area contributed by atoms with E-state index in [1.807, 2.05) is 18.2 Å². The lowest BCUT2D eigenvalue weighted by Gasteiger charge is -2.27. The molecule has 2 aromatic rings. The molecule has 0 saturated carbocycles.